The Morgan fingerprint density at radius 2 is 1.78 bits per heavy atom. The quantitative estimate of drug-likeness (QED) is 0.0755. The molecule has 0 saturated carbocycles. The summed E-state index contributed by atoms with van der Waals surface area (Å²) in [7, 11) is -1.73. The Hall–Kier alpha value is -4.22. The number of methoxy groups -OCH3 is 3. The zero-order chi connectivity index (χ0) is 36.1. The number of nitrogens with one attached hydrogen (secondary N) is 2. The summed E-state index contributed by atoms with van der Waals surface area (Å²) in [6.07, 6.45) is 0. The Bertz CT molecular complexity index is 2060. The number of hydrogen-bond acceptors (Lipinski definition) is 10. The smallest absolute Gasteiger partial charge is 0.279 e. The van der Waals surface area contributed by atoms with Gasteiger partial charge in [-0.1, -0.05) is 26.8 Å². The van der Waals surface area contributed by atoms with E-state index in [0.29, 0.717) is 39.1 Å². The molecule has 3 N–H and O–H groups in total. The number of rotatable bonds is 12. The second kappa shape index (κ2) is 13.2. The van der Waals surface area contributed by atoms with E-state index in [1.54, 1.807) is 12.1 Å². The average Bonchev–Trinajstić information content (AvgIpc) is 3.65. The molecule has 14 nitrogen and oxygen atoms in total. The number of nitro benzene ring substituents is 1. The van der Waals surface area contributed by atoms with Crippen molar-refractivity contribution in [1.82, 2.24) is 9.71 Å². The second-order valence-electron chi connectivity index (χ2n) is 13.4. The number of aliphatic hydroxyl groups is 1. The second-order valence-corrected chi connectivity index (χ2v) is 20.0. The van der Waals surface area contributed by atoms with E-state index in [1.807, 2.05) is 0 Å². The Balaban J connectivity index is 1.52. The number of aromatic nitrogens is 1. The van der Waals surface area contributed by atoms with Gasteiger partial charge >= 0.3 is 0 Å². The molecular weight excluding hydrogens is 673 g/mol. The minimum atomic E-state index is -4.05. The van der Waals surface area contributed by atoms with Gasteiger partial charge in [0.15, 0.2) is 19.8 Å². The highest BCUT2D eigenvalue weighted by molar-refractivity contribution is 7.89. The number of anilines is 1. The minimum Gasteiger partial charge on any atom is -0.493 e. The minimum absolute atomic E-state index is 0.0298. The van der Waals surface area contributed by atoms with E-state index >= 15 is 0 Å². The molecule has 1 aliphatic rings. The van der Waals surface area contributed by atoms with Crippen molar-refractivity contribution in [3.05, 3.63) is 57.8 Å². The number of nitro groups is 1. The molecule has 0 radical (unpaired) electrons. The lowest BCUT2D eigenvalue weighted by atomic mass is 9.94. The first-order valence-corrected chi connectivity index (χ1v) is 20.0. The number of H-pyrrole nitrogens is 1. The highest BCUT2D eigenvalue weighted by Crippen LogP contribution is 2.47. The lowest BCUT2D eigenvalue weighted by molar-refractivity contribution is -0.383. The zero-order valence-electron chi connectivity index (χ0n) is 28.8. The van der Waals surface area contributed by atoms with Crippen molar-refractivity contribution >= 4 is 57.3 Å². The van der Waals surface area contributed by atoms with Crippen LogP contribution in [-0.2, 0) is 14.4 Å². The molecule has 4 aromatic rings. The third-order valence-electron chi connectivity index (χ3n) is 9.49. The largest absolute Gasteiger partial charge is 0.493 e. The van der Waals surface area contributed by atoms with E-state index in [1.165, 1.54) is 50.5 Å². The number of aliphatic hydroxyl groups excluding tert-OH is 1. The maximum Gasteiger partial charge on any atom is 0.279 e. The first-order chi connectivity index (χ1) is 23.0. The van der Waals surface area contributed by atoms with Crippen LogP contribution in [0, 0.1) is 10.1 Å². The fourth-order valence-electron chi connectivity index (χ4n) is 5.90. The van der Waals surface area contributed by atoms with Gasteiger partial charge < -0.3 is 33.6 Å². The van der Waals surface area contributed by atoms with Crippen LogP contribution in [0.3, 0.4) is 0 Å². The first kappa shape index (κ1) is 36.1. The van der Waals surface area contributed by atoms with Crippen LogP contribution in [0.4, 0.5) is 11.4 Å². The fraction of sp³-hybridized carbons (Fsp3) is 0.424. The number of hydrogen-bond donors (Lipinski definition) is 3. The van der Waals surface area contributed by atoms with Crippen LogP contribution in [0.1, 0.15) is 42.7 Å². The standard InChI is InChI=1S/C33H42N4O10SSi/c1-33(2,3)49(7,8)47-12-11-34-48(42,43)21-9-10-22-23(15-21)25(37(40)41)16-26-28(22)20(18-38)17-36(26)32(39)24-13-19-14-27(44-4)30(45-5)31(46-6)29(19)35-24/h9-10,13-16,20,34-35,38H,11-12,17-18H2,1-8H3. The summed E-state index contributed by atoms with van der Waals surface area (Å²) < 4.78 is 51.6. The number of carbonyl (C=O) groups is 1. The predicted octanol–water partition coefficient (Wildman–Crippen LogP) is 5.29. The van der Waals surface area contributed by atoms with Gasteiger partial charge in [0.25, 0.3) is 11.6 Å². The van der Waals surface area contributed by atoms with Crippen molar-refractivity contribution < 1.29 is 41.9 Å². The van der Waals surface area contributed by atoms with Gasteiger partial charge in [0.2, 0.25) is 15.8 Å². The molecule has 0 saturated heterocycles. The highest BCUT2D eigenvalue weighted by Gasteiger charge is 2.39. The van der Waals surface area contributed by atoms with Crippen LogP contribution in [0.25, 0.3) is 21.7 Å². The van der Waals surface area contributed by atoms with Crippen molar-refractivity contribution in [3.8, 4) is 17.2 Å². The molecule has 1 amide bonds. The molecule has 16 heteroatoms. The van der Waals surface area contributed by atoms with Crippen molar-refractivity contribution in [2.45, 2.75) is 49.7 Å². The van der Waals surface area contributed by atoms with Crippen molar-refractivity contribution in [1.29, 1.82) is 0 Å². The zero-order valence-corrected chi connectivity index (χ0v) is 30.6. The molecule has 3 aromatic carbocycles. The molecule has 0 fully saturated rings. The Morgan fingerprint density at radius 3 is 2.37 bits per heavy atom. The van der Waals surface area contributed by atoms with E-state index in [0.717, 1.165) is 0 Å². The van der Waals surface area contributed by atoms with E-state index in [9.17, 15) is 28.4 Å². The number of carbonyl (C=O) groups excluding carboxylic acids is 1. The number of nitrogens with zero attached hydrogens (tertiary/aromatic N) is 2. The summed E-state index contributed by atoms with van der Waals surface area (Å²) in [5.41, 5.74) is 1.03. The maximum absolute atomic E-state index is 14.0. The topological polar surface area (TPSA) is 183 Å². The van der Waals surface area contributed by atoms with Gasteiger partial charge in [0.1, 0.15) is 5.69 Å². The number of non-ortho nitro benzene ring substituents is 1. The summed E-state index contributed by atoms with van der Waals surface area (Å²) in [6.45, 7) is 10.3. The summed E-state index contributed by atoms with van der Waals surface area (Å²) >= 11 is 0. The van der Waals surface area contributed by atoms with E-state index < -0.39 is 35.1 Å². The number of aromatic amines is 1. The maximum atomic E-state index is 14.0. The highest BCUT2D eigenvalue weighted by atomic mass is 32.2. The van der Waals surface area contributed by atoms with E-state index in [4.69, 9.17) is 18.6 Å². The summed E-state index contributed by atoms with van der Waals surface area (Å²) in [4.78, 5) is 30.1. The fourth-order valence-corrected chi connectivity index (χ4v) is 7.99. The van der Waals surface area contributed by atoms with Gasteiger partial charge in [0, 0.05) is 37.1 Å². The summed E-state index contributed by atoms with van der Waals surface area (Å²) in [6, 6.07) is 8.69. The average molecular weight is 715 g/mol. The third-order valence-corrected chi connectivity index (χ3v) is 15.5. The van der Waals surface area contributed by atoms with Gasteiger partial charge in [-0.15, -0.1) is 0 Å². The molecule has 1 atom stereocenters. The molecule has 264 valence electrons. The SMILES string of the molecule is COc1cc2cc(C(=O)N3CC(CO)c4c3cc([N+](=O)[O-])c3cc(S(=O)(=O)NCCO[Si](C)(C)C(C)(C)C)ccc43)[nH]c2c(OC)c1OC. The van der Waals surface area contributed by atoms with E-state index in [2.05, 4.69) is 43.6 Å². The summed E-state index contributed by atoms with van der Waals surface area (Å²) in [5, 5.41) is 23.8. The van der Waals surface area contributed by atoms with E-state index in [-0.39, 0.29) is 58.7 Å². The molecule has 2 heterocycles. The predicted molar refractivity (Wildman–Crippen MR) is 188 cm³/mol. The van der Waals surface area contributed by atoms with Gasteiger partial charge in [-0.3, -0.25) is 14.9 Å². The Morgan fingerprint density at radius 1 is 1.08 bits per heavy atom. The Kier molecular flexibility index (Phi) is 9.75. The Labute approximate surface area is 285 Å². The molecule has 0 aliphatic carbocycles. The van der Waals surface area contributed by atoms with Gasteiger partial charge in [-0.05, 0) is 53.3 Å². The molecule has 0 spiro atoms. The first-order valence-electron chi connectivity index (χ1n) is 15.6. The van der Waals surface area contributed by atoms with Crippen LogP contribution in [0.5, 0.6) is 17.2 Å². The molecule has 5 rings (SSSR count). The van der Waals surface area contributed by atoms with Crippen molar-refractivity contribution in [3.63, 3.8) is 0 Å². The number of ether oxygens (including phenoxy) is 3. The molecule has 1 unspecified atom stereocenters. The summed E-state index contributed by atoms with van der Waals surface area (Å²) in [5.74, 6) is -0.0195. The molecule has 49 heavy (non-hydrogen) atoms. The van der Waals surface area contributed by atoms with Crippen LogP contribution in [0.15, 0.2) is 41.3 Å². The number of fused-ring (bicyclic) bond motifs is 4. The van der Waals surface area contributed by atoms with Crippen molar-refractivity contribution in [2.75, 3.05) is 52.5 Å². The molecular formula is C33H42N4O10SSi. The number of benzene rings is 3. The van der Waals surface area contributed by atoms with Crippen LogP contribution in [0.2, 0.25) is 18.1 Å². The normalized spacial score (nSPS) is 15.1. The van der Waals surface area contributed by atoms with Crippen molar-refractivity contribution in [2.24, 2.45) is 0 Å². The lowest BCUT2D eigenvalue weighted by Gasteiger charge is -2.36. The van der Waals surface area contributed by atoms with Crippen LogP contribution < -0.4 is 23.8 Å². The van der Waals surface area contributed by atoms with Crippen LogP contribution in [-0.4, -0.2) is 85.3 Å². The van der Waals surface area contributed by atoms with Gasteiger partial charge in [-0.2, -0.15) is 0 Å². The van der Waals surface area contributed by atoms with Gasteiger partial charge in [-0.25, -0.2) is 13.1 Å². The third kappa shape index (κ3) is 6.46. The van der Waals surface area contributed by atoms with Gasteiger partial charge in [0.05, 0.1) is 54.3 Å². The van der Waals surface area contributed by atoms with Crippen LogP contribution >= 0.6 is 0 Å². The number of sulfonamides is 1. The molecule has 0 bridgehead atoms. The molecule has 1 aliphatic heterocycles. The lowest BCUT2D eigenvalue weighted by Crippen LogP contribution is -2.42. The molecule has 1 aromatic heterocycles. The monoisotopic (exact) mass is 714 g/mol. The number of amides is 1.